The summed E-state index contributed by atoms with van der Waals surface area (Å²) in [7, 11) is -3.69. The second kappa shape index (κ2) is 7.37. The van der Waals surface area contributed by atoms with Gasteiger partial charge in [0, 0.05) is 18.2 Å². The minimum Gasteiger partial charge on any atom is -0.326 e. The number of hydrogen-bond acceptors (Lipinski definition) is 4. The zero-order chi connectivity index (χ0) is 15.2. The van der Waals surface area contributed by atoms with Crippen LogP contribution in [0.15, 0.2) is 29.2 Å². The van der Waals surface area contributed by atoms with Crippen LogP contribution in [0.3, 0.4) is 0 Å². The van der Waals surface area contributed by atoms with Crippen molar-refractivity contribution in [1.82, 2.24) is 5.32 Å². The van der Waals surface area contributed by atoms with Gasteiger partial charge in [0.25, 0.3) is 0 Å². The fourth-order valence-corrected chi connectivity index (χ4v) is 2.11. The molecule has 0 aliphatic rings. The molecule has 4 N–H and O–H groups in total. The minimum absolute atomic E-state index is 0.0247. The molecule has 0 fully saturated rings. The molecule has 0 aliphatic heterocycles. The average molecular weight is 299 g/mol. The summed E-state index contributed by atoms with van der Waals surface area (Å²) in [5, 5.41) is 10.9. The Hall–Kier alpha value is -1.44. The third-order valence-electron chi connectivity index (χ3n) is 2.60. The number of hydrogen-bond donors (Lipinski definition) is 3. The molecule has 0 saturated carbocycles. The van der Waals surface area contributed by atoms with E-state index in [1.165, 1.54) is 24.3 Å². The molecule has 1 amide bonds. The Morgan fingerprint density at radius 3 is 2.35 bits per heavy atom. The molecule has 0 saturated heterocycles. The van der Waals surface area contributed by atoms with Gasteiger partial charge in [-0.15, -0.1) is 0 Å². The van der Waals surface area contributed by atoms with Gasteiger partial charge in [-0.05, 0) is 37.2 Å². The maximum atomic E-state index is 11.7. The summed E-state index contributed by atoms with van der Waals surface area (Å²) in [5.74, 6) is -0.0982. The second-order valence-corrected chi connectivity index (χ2v) is 6.39. The van der Waals surface area contributed by atoms with Gasteiger partial charge in [0.15, 0.2) is 0 Å². The van der Waals surface area contributed by atoms with E-state index in [4.69, 9.17) is 5.14 Å². The number of amides is 1. The van der Waals surface area contributed by atoms with Gasteiger partial charge in [-0.2, -0.15) is 0 Å². The molecule has 6 nitrogen and oxygen atoms in total. The van der Waals surface area contributed by atoms with Crippen LogP contribution in [0.5, 0.6) is 0 Å². The van der Waals surface area contributed by atoms with Crippen molar-refractivity contribution in [3.05, 3.63) is 24.3 Å². The first-order chi connectivity index (χ1) is 9.29. The van der Waals surface area contributed by atoms with Crippen molar-refractivity contribution in [1.29, 1.82) is 0 Å². The van der Waals surface area contributed by atoms with Crippen LogP contribution in [-0.2, 0) is 14.8 Å². The molecule has 0 atom stereocenters. The lowest BCUT2D eigenvalue weighted by Crippen LogP contribution is -2.24. The molecule has 20 heavy (non-hydrogen) atoms. The number of sulfonamides is 1. The van der Waals surface area contributed by atoms with E-state index < -0.39 is 10.0 Å². The number of carbonyl (C=O) groups is 1. The first-order valence-corrected chi connectivity index (χ1v) is 8.00. The number of anilines is 1. The molecule has 0 spiro atoms. The lowest BCUT2D eigenvalue weighted by molar-refractivity contribution is -0.116. The van der Waals surface area contributed by atoms with Crippen LogP contribution in [0.4, 0.5) is 5.69 Å². The largest absolute Gasteiger partial charge is 0.326 e. The molecule has 0 radical (unpaired) electrons. The molecule has 0 bridgehead atoms. The third kappa shape index (κ3) is 6.14. The summed E-state index contributed by atoms with van der Waals surface area (Å²) < 4.78 is 22.2. The van der Waals surface area contributed by atoms with Crippen molar-refractivity contribution in [3.63, 3.8) is 0 Å². The van der Waals surface area contributed by atoms with Crippen LogP contribution in [0.1, 0.15) is 26.7 Å². The Bertz CT molecular complexity index is 538. The van der Waals surface area contributed by atoms with E-state index in [2.05, 4.69) is 10.6 Å². The number of nitrogens with one attached hydrogen (secondary N) is 2. The van der Waals surface area contributed by atoms with E-state index in [9.17, 15) is 13.2 Å². The van der Waals surface area contributed by atoms with E-state index in [1.807, 2.05) is 13.8 Å². The van der Waals surface area contributed by atoms with Gasteiger partial charge in [0.05, 0.1) is 4.90 Å². The molecule has 0 heterocycles. The average Bonchev–Trinajstić information content (AvgIpc) is 2.34. The second-order valence-electron chi connectivity index (χ2n) is 4.83. The lowest BCUT2D eigenvalue weighted by atomic mass is 10.2. The molecule has 1 rings (SSSR count). The molecule has 1 aromatic carbocycles. The van der Waals surface area contributed by atoms with Gasteiger partial charge in [-0.1, -0.05) is 13.8 Å². The Kier molecular flexibility index (Phi) is 6.12. The van der Waals surface area contributed by atoms with Crippen LogP contribution in [-0.4, -0.2) is 26.9 Å². The highest BCUT2D eigenvalue weighted by Gasteiger charge is 2.08. The van der Waals surface area contributed by atoms with Gasteiger partial charge in [-0.25, -0.2) is 13.6 Å². The van der Waals surface area contributed by atoms with Crippen molar-refractivity contribution < 1.29 is 13.2 Å². The van der Waals surface area contributed by atoms with Gasteiger partial charge in [0.1, 0.15) is 0 Å². The molecule has 112 valence electrons. The summed E-state index contributed by atoms with van der Waals surface area (Å²) in [4.78, 5) is 11.7. The van der Waals surface area contributed by atoms with E-state index in [0.717, 1.165) is 13.0 Å². The number of benzene rings is 1. The zero-order valence-electron chi connectivity index (χ0n) is 11.7. The number of rotatable bonds is 7. The molecular weight excluding hydrogens is 278 g/mol. The van der Waals surface area contributed by atoms with E-state index in [1.54, 1.807) is 0 Å². The Labute approximate surface area is 119 Å². The van der Waals surface area contributed by atoms with Gasteiger partial charge in [0.2, 0.25) is 15.9 Å². The van der Waals surface area contributed by atoms with E-state index in [-0.39, 0.29) is 10.8 Å². The normalized spacial score (nSPS) is 11.6. The molecular formula is C13H21N3O3S. The molecule has 0 aromatic heterocycles. The SMILES string of the molecule is CC(C)NCCCC(=O)Nc1ccc(S(N)(=O)=O)cc1. The summed E-state index contributed by atoms with van der Waals surface area (Å²) in [5.41, 5.74) is 0.555. The minimum atomic E-state index is -3.69. The van der Waals surface area contributed by atoms with Crippen molar-refractivity contribution >= 4 is 21.6 Å². The van der Waals surface area contributed by atoms with Gasteiger partial charge in [-0.3, -0.25) is 4.79 Å². The fraction of sp³-hybridized carbons (Fsp3) is 0.462. The van der Waals surface area contributed by atoms with Crippen molar-refractivity contribution in [2.75, 3.05) is 11.9 Å². The standard InChI is InChI=1S/C13H21N3O3S/c1-10(2)15-9-3-4-13(17)16-11-5-7-12(8-6-11)20(14,18)19/h5-8,10,15H,3-4,9H2,1-2H3,(H,16,17)(H2,14,18,19). The predicted octanol–water partition coefficient (Wildman–Crippen LogP) is 1.05. The van der Waals surface area contributed by atoms with Crippen LogP contribution in [0.25, 0.3) is 0 Å². The summed E-state index contributed by atoms with van der Waals surface area (Å²) in [6.45, 7) is 4.88. The topological polar surface area (TPSA) is 101 Å². The Balaban J connectivity index is 2.43. The first kappa shape index (κ1) is 16.6. The van der Waals surface area contributed by atoms with Crippen LogP contribution in [0.2, 0.25) is 0 Å². The van der Waals surface area contributed by atoms with Crippen LogP contribution >= 0.6 is 0 Å². The summed E-state index contributed by atoms with van der Waals surface area (Å²) in [6.07, 6.45) is 1.16. The maximum absolute atomic E-state index is 11.7. The number of nitrogens with two attached hydrogens (primary N) is 1. The molecule has 7 heteroatoms. The summed E-state index contributed by atoms with van der Waals surface area (Å²) in [6, 6.07) is 6.17. The maximum Gasteiger partial charge on any atom is 0.238 e. The van der Waals surface area contributed by atoms with E-state index >= 15 is 0 Å². The van der Waals surface area contributed by atoms with Gasteiger partial charge < -0.3 is 10.6 Å². The third-order valence-corrected chi connectivity index (χ3v) is 3.53. The Morgan fingerprint density at radius 2 is 1.85 bits per heavy atom. The predicted molar refractivity (Wildman–Crippen MR) is 78.8 cm³/mol. The molecule has 1 aromatic rings. The summed E-state index contributed by atoms with van der Waals surface area (Å²) >= 11 is 0. The highest BCUT2D eigenvalue weighted by atomic mass is 32.2. The first-order valence-electron chi connectivity index (χ1n) is 6.45. The van der Waals surface area contributed by atoms with Gasteiger partial charge >= 0.3 is 0 Å². The lowest BCUT2D eigenvalue weighted by Gasteiger charge is -2.08. The van der Waals surface area contributed by atoms with Crippen molar-refractivity contribution in [2.24, 2.45) is 5.14 Å². The monoisotopic (exact) mass is 299 g/mol. The quantitative estimate of drug-likeness (QED) is 0.655. The number of carbonyl (C=O) groups excluding carboxylic acids is 1. The zero-order valence-corrected chi connectivity index (χ0v) is 12.5. The van der Waals surface area contributed by atoms with Crippen LogP contribution < -0.4 is 15.8 Å². The van der Waals surface area contributed by atoms with E-state index in [0.29, 0.717) is 18.2 Å². The fourth-order valence-electron chi connectivity index (χ4n) is 1.59. The number of primary sulfonamides is 1. The molecule has 0 aliphatic carbocycles. The van der Waals surface area contributed by atoms with Crippen LogP contribution in [0, 0.1) is 0 Å². The molecule has 0 unspecified atom stereocenters. The van der Waals surface area contributed by atoms with Crippen molar-refractivity contribution in [2.45, 2.75) is 37.6 Å². The van der Waals surface area contributed by atoms with Crippen molar-refractivity contribution in [3.8, 4) is 0 Å². The Morgan fingerprint density at radius 1 is 1.25 bits per heavy atom. The smallest absolute Gasteiger partial charge is 0.238 e. The highest BCUT2D eigenvalue weighted by Crippen LogP contribution is 2.13. The highest BCUT2D eigenvalue weighted by molar-refractivity contribution is 7.89.